The number of hydrogen-bond acceptors (Lipinski definition) is 3. The van der Waals surface area contributed by atoms with Gasteiger partial charge in [0.1, 0.15) is 0 Å². The molecule has 19 heavy (non-hydrogen) atoms. The number of nitrogens with one attached hydrogen (secondary N) is 1. The van der Waals surface area contributed by atoms with E-state index < -0.39 is 10.0 Å². The molecule has 0 fully saturated rings. The molecule has 0 spiro atoms. The van der Waals surface area contributed by atoms with Gasteiger partial charge in [-0.05, 0) is 40.5 Å². The smallest absolute Gasteiger partial charge is 0.240 e. The Hall–Kier alpha value is 0.150. The summed E-state index contributed by atoms with van der Waals surface area (Å²) in [5.74, 6) is 0.348. The molecule has 1 atom stereocenters. The highest BCUT2D eigenvalue weighted by molar-refractivity contribution is 9.10. The molecule has 0 radical (unpaired) electrons. The average Bonchev–Trinajstić information content (AvgIpc) is 2.32. The lowest BCUT2D eigenvalue weighted by atomic mass is 10.3. The van der Waals surface area contributed by atoms with Crippen molar-refractivity contribution in [2.75, 3.05) is 19.6 Å². The second-order valence-electron chi connectivity index (χ2n) is 3.83. The van der Waals surface area contributed by atoms with E-state index in [2.05, 4.69) is 20.7 Å². The van der Waals surface area contributed by atoms with Gasteiger partial charge in [0.2, 0.25) is 10.0 Å². The van der Waals surface area contributed by atoms with Gasteiger partial charge in [0, 0.05) is 23.5 Å². The number of methoxy groups -OCH3 is 1. The lowest BCUT2D eigenvalue weighted by molar-refractivity contribution is 0.173. The van der Waals surface area contributed by atoms with Crippen LogP contribution < -0.4 is 4.72 Å². The molecule has 0 bridgehead atoms. The summed E-state index contributed by atoms with van der Waals surface area (Å²) < 4.78 is 32.4. The fraction of sp³-hybridized carbons (Fsp3) is 0.455. The van der Waals surface area contributed by atoms with E-state index in [1.165, 1.54) is 25.3 Å². The van der Waals surface area contributed by atoms with E-state index in [0.717, 1.165) is 0 Å². The highest BCUT2D eigenvalue weighted by Crippen LogP contribution is 2.25. The number of hydrogen-bond donors (Lipinski definition) is 1. The van der Waals surface area contributed by atoms with Crippen molar-refractivity contribution in [3.8, 4) is 0 Å². The predicted molar refractivity (Wildman–Crippen MR) is 80.5 cm³/mol. The molecule has 1 rings (SSSR count). The maximum absolute atomic E-state index is 12.2. The van der Waals surface area contributed by atoms with Gasteiger partial charge >= 0.3 is 0 Å². The van der Waals surface area contributed by atoms with Crippen LogP contribution in [0.15, 0.2) is 27.6 Å². The van der Waals surface area contributed by atoms with Gasteiger partial charge in [-0.2, -0.15) is 0 Å². The molecule has 0 heterocycles. The molecule has 1 aromatic rings. The molecular formula is C11H14BrCl2NO3S. The van der Waals surface area contributed by atoms with Crippen LogP contribution in [0.2, 0.25) is 5.02 Å². The van der Waals surface area contributed by atoms with Crippen LogP contribution >= 0.6 is 39.1 Å². The molecule has 1 unspecified atom stereocenters. The molecule has 8 heteroatoms. The van der Waals surface area contributed by atoms with Crippen LogP contribution in [0.25, 0.3) is 0 Å². The van der Waals surface area contributed by atoms with Crippen LogP contribution in [-0.4, -0.2) is 34.1 Å². The van der Waals surface area contributed by atoms with Gasteiger partial charge in [0.25, 0.3) is 0 Å². The van der Waals surface area contributed by atoms with Crippen LogP contribution in [0.3, 0.4) is 0 Å². The Morgan fingerprint density at radius 1 is 1.47 bits per heavy atom. The summed E-state index contributed by atoms with van der Waals surface area (Å²) in [6.07, 6.45) is 0.489. The van der Waals surface area contributed by atoms with Crippen molar-refractivity contribution in [1.82, 2.24) is 4.72 Å². The first kappa shape index (κ1) is 17.2. The third-order valence-electron chi connectivity index (χ3n) is 2.35. The van der Waals surface area contributed by atoms with Crippen LogP contribution in [0.4, 0.5) is 0 Å². The zero-order chi connectivity index (χ0) is 14.5. The average molecular weight is 391 g/mol. The molecule has 108 valence electrons. The first-order valence-electron chi connectivity index (χ1n) is 5.43. The second kappa shape index (κ2) is 7.81. The van der Waals surface area contributed by atoms with Crippen molar-refractivity contribution in [3.63, 3.8) is 0 Å². The minimum Gasteiger partial charge on any atom is -0.383 e. The first-order chi connectivity index (χ1) is 8.90. The minimum absolute atomic E-state index is 0.138. The van der Waals surface area contributed by atoms with Gasteiger partial charge in [-0.1, -0.05) is 11.6 Å². The zero-order valence-electron chi connectivity index (χ0n) is 10.2. The summed E-state index contributed by atoms with van der Waals surface area (Å²) in [7, 11) is -2.11. The molecule has 1 aromatic carbocycles. The largest absolute Gasteiger partial charge is 0.383 e. The van der Waals surface area contributed by atoms with Gasteiger partial charge in [-0.3, -0.25) is 0 Å². The van der Waals surface area contributed by atoms with Crippen molar-refractivity contribution in [3.05, 3.63) is 27.7 Å². The Balaban J connectivity index is 2.92. The number of sulfonamides is 1. The van der Waals surface area contributed by atoms with E-state index in [-0.39, 0.29) is 17.5 Å². The summed E-state index contributed by atoms with van der Waals surface area (Å²) in [6, 6.07) is 4.06. The third kappa shape index (κ3) is 5.21. The third-order valence-corrected chi connectivity index (χ3v) is 5.30. The van der Waals surface area contributed by atoms with Gasteiger partial charge in [0.05, 0.1) is 16.5 Å². The molecule has 0 aliphatic heterocycles. The van der Waals surface area contributed by atoms with Crippen LogP contribution in [0, 0.1) is 0 Å². The van der Waals surface area contributed by atoms with Crippen molar-refractivity contribution < 1.29 is 13.2 Å². The Kier molecular flexibility index (Phi) is 7.07. The lowest BCUT2D eigenvalue weighted by Crippen LogP contribution is -2.38. The Morgan fingerprint density at radius 3 is 2.68 bits per heavy atom. The van der Waals surface area contributed by atoms with Crippen molar-refractivity contribution >= 4 is 49.2 Å². The van der Waals surface area contributed by atoms with Gasteiger partial charge < -0.3 is 4.74 Å². The van der Waals surface area contributed by atoms with Crippen molar-refractivity contribution in [2.24, 2.45) is 0 Å². The number of ether oxygens (including phenoxy) is 1. The van der Waals surface area contributed by atoms with E-state index in [1.54, 1.807) is 0 Å². The molecule has 0 aliphatic carbocycles. The number of alkyl halides is 1. The quantitative estimate of drug-likeness (QED) is 0.728. The van der Waals surface area contributed by atoms with E-state index in [1.807, 2.05) is 0 Å². The number of halogens is 3. The van der Waals surface area contributed by atoms with Gasteiger partial charge in [0.15, 0.2) is 0 Å². The molecule has 1 N–H and O–H groups in total. The predicted octanol–water partition coefficient (Wildman–Crippen LogP) is 3.02. The topological polar surface area (TPSA) is 55.4 Å². The maximum atomic E-state index is 12.2. The SMILES string of the molecule is COCC(CCCl)NS(=O)(=O)c1ccc(Cl)c(Br)c1. The van der Waals surface area contributed by atoms with E-state index in [4.69, 9.17) is 27.9 Å². The van der Waals surface area contributed by atoms with Crippen molar-refractivity contribution in [1.29, 1.82) is 0 Å². The Bertz CT molecular complexity index is 519. The van der Waals surface area contributed by atoms with Crippen LogP contribution in [-0.2, 0) is 14.8 Å². The van der Waals surface area contributed by atoms with E-state index in [0.29, 0.717) is 21.8 Å². The monoisotopic (exact) mass is 389 g/mol. The maximum Gasteiger partial charge on any atom is 0.240 e. The fourth-order valence-corrected chi connectivity index (χ4v) is 3.63. The molecule has 0 saturated carbocycles. The standard InChI is InChI=1S/C11H14BrCl2NO3S/c1-18-7-8(4-5-13)15-19(16,17)9-2-3-11(14)10(12)6-9/h2-3,6,8,15H,4-5,7H2,1H3. The Labute approximate surface area is 131 Å². The summed E-state index contributed by atoms with van der Waals surface area (Å²) in [5.41, 5.74) is 0. The lowest BCUT2D eigenvalue weighted by Gasteiger charge is -2.17. The molecular weight excluding hydrogens is 377 g/mol. The van der Waals surface area contributed by atoms with Crippen LogP contribution in [0.5, 0.6) is 0 Å². The first-order valence-corrected chi connectivity index (χ1v) is 8.62. The molecule has 0 aliphatic rings. The fourth-order valence-electron chi connectivity index (χ4n) is 1.44. The summed E-state index contributed by atoms with van der Waals surface area (Å²) >= 11 is 14.7. The second-order valence-corrected chi connectivity index (χ2v) is 7.18. The van der Waals surface area contributed by atoms with Crippen LogP contribution in [0.1, 0.15) is 6.42 Å². The molecule has 0 aromatic heterocycles. The van der Waals surface area contributed by atoms with E-state index in [9.17, 15) is 8.42 Å². The zero-order valence-corrected chi connectivity index (χ0v) is 14.1. The minimum atomic E-state index is -3.62. The normalized spacial score (nSPS) is 13.5. The highest BCUT2D eigenvalue weighted by atomic mass is 79.9. The van der Waals surface area contributed by atoms with E-state index >= 15 is 0 Å². The number of rotatable bonds is 7. The van der Waals surface area contributed by atoms with Gasteiger partial charge in [-0.25, -0.2) is 13.1 Å². The Morgan fingerprint density at radius 2 is 2.16 bits per heavy atom. The summed E-state index contributed by atoms with van der Waals surface area (Å²) in [5, 5.41) is 0.452. The number of benzene rings is 1. The highest BCUT2D eigenvalue weighted by Gasteiger charge is 2.20. The molecule has 4 nitrogen and oxygen atoms in total. The molecule has 0 saturated heterocycles. The summed E-state index contributed by atoms with van der Waals surface area (Å²) in [6.45, 7) is 0.265. The van der Waals surface area contributed by atoms with Gasteiger partial charge in [-0.15, -0.1) is 11.6 Å². The van der Waals surface area contributed by atoms with Crippen molar-refractivity contribution in [2.45, 2.75) is 17.4 Å². The summed E-state index contributed by atoms with van der Waals surface area (Å²) in [4.78, 5) is 0.138. The molecule has 0 amide bonds.